The summed E-state index contributed by atoms with van der Waals surface area (Å²) in [6.07, 6.45) is 1.60. The number of hydrogen-bond donors (Lipinski definition) is 1. The monoisotopic (exact) mass is 388 g/mol. The molecule has 144 valence electrons. The lowest BCUT2D eigenvalue weighted by Gasteiger charge is -2.10. The lowest BCUT2D eigenvalue weighted by molar-refractivity contribution is -0.113. The second-order valence-corrected chi connectivity index (χ2v) is 6.41. The number of halogens is 1. The SMILES string of the molecule is O=C1N/C(=C/c2ccc(OCc3ccccc3F)cc2)C(=O)N1c1ccccc1. The van der Waals surface area contributed by atoms with Crippen molar-refractivity contribution in [1.82, 2.24) is 5.32 Å². The van der Waals surface area contributed by atoms with E-state index in [4.69, 9.17) is 4.74 Å². The molecule has 3 aromatic carbocycles. The van der Waals surface area contributed by atoms with E-state index >= 15 is 0 Å². The van der Waals surface area contributed by atoms with Gasteiger partial charge < -0.3 is 10.1 Å². The number of carbonyl (C=O) groups is 2. The third-order valence-electron chi connectivity index (χ3n) is 4.44. The van der Waals surface area contributed by atoms with E-state index in [1.807, 2.05) is 6.07 Å². The Morgan fingerprint density at radius 3 is 2.31 bits per heavy atom. The summed E-state index contributed by atoms with van der Waals surface area (Å²) in [5, 5.41) is 2.59. The van der Waals surface area contributed by atoms with Gasteiger partial charge in [-0.05, 0) is 42.0 Å². The van der Waals surface area contributed by atoms with Crippen LogP contribution in [0.2, 0.25) is 0 Å². The molecule has 1 aliphatic rings. The van der Waals surface area contributed by atoms with Gasteiger partial charge in [0.1, 0.15) is 23.9 Å². The summed E-state index contributed by atoms with van der Waals surface area (Å²) in [4.78, 5) is 25.9. The van der Waals surface area contributed by atoms with Crippen LogP contribution >= 0.6 is 0 Å². The summed E-state index contributed by atoms with van der Waals surface area (Å²) in [6.45, 7) is 0.119. The molecule has 1 heterocycles. The van der Waals surface area contributed by atoms with Crippen molar-refractivity contribution in [2.45, 2.75) is 6.61 Å². The summed E-state index contributed by atoms with van der Waals surface area (Å²) in [5.74, 6) is -0.156. The van der Waals surface area contributed by atoms with Crippen molar-refractivity contribution in [3.05, 3.63) is 102 Å². The van der Waals surface area contributed by atoms with E-state index in [-0.39, 0.29) is 18.1 Å². The molecule has 3 amide bonds. The van der Waals surface area contributed by atoms with Gasteiger partial charge in [0, 0.05) is 5.56 Å². The molecule has 6 heteroatoms. The molecule has 0 aromatic heterocycles. The lowest BCUT2D eigenvalue weighted by Crippen LogP contribution is -2.30. The summed E-state index contributed by atoms with van der Waals surface area (Å²) >= 11 is 0. The van der Waals surface area contributed by atoms with Crippen molar-refractivity contribution < 1.29 is 18.7 Å². The minimum absolute atomic E-state index is 0.119. The van der Waals surface area contributed by atoms with Crippen LogP contribution in [-0.2, 0) is 11.4 Å². The maximum absolute atomic E-state index is 13.6. The highest BCUT2D eigenvalue weighted by atomic mass is 19.1. The van der Waals surface area contributed by atoms with Crippen LogP contribution in [0.1, 0.15) is 11.1 Å². The molecule has 29 heavy (non-hydrogen) atoms. The zero-order valence-electron chi connectivity index (χ0n) is 15.3. The number of benzene rings is 3. The van der Waals surface area contributed by atoms with E-state index in [1.165, 1.54) is 6.07 Å². The van der Waals surface area contributed by atoms with Gasteiger partial charge in [0.15, 0.2) is 0 Å². The fourth-order valence-corrected chi connectivity index (χ4v) is 2.95. The molecule has 3 aromatic rings. The predicted octanol–water partition coefficient (Wildman–Crippen LogP) is 4.50. The Morgan fingerprint density at radius 1 is 0.897 bits per heavy atom. The van der Waals surface area contributed by atoms with E-state index < -0.39 is 11.9 Å². The number of carbonyl (C=O) groups excluding carboxylic acids is 2. The average molecular weight is 388 g/mol. The number of para-hydroxylation sites is 1. The topological polar surface area (TPSA) is 58.6 Å². The highest BCUT2D eigenvalue weighted by Gasteiger charge is 2.34. The molecular formula is C23H17FN2O3. The fourth-order valence-electron chi connectivity index (χ4n) is 2.95. The Bertz CT molecular complexity index is 1080. The van der Waals surface area contributed by atoms with Crippen molar-refractivity contribution in [1.29, 1.82) is 0 Å². The number of urea groups is 1. The predicted molar refractivity (Wildman–Crippen MR) is 108 cm³/mol. The van der Waals surface area contributed by atoms with Gasteiger partial charge in [-0.1, -0.05) is 48.5 Å². The Kier molecular flexibility index (Phi) is 5.07. The Hall–Kier alpha value is -3.93. The second-order valence-electron chi connectivity index (χ2n) is 6.41. The zero-order chi connectivity index (χ0) is 20.2. The smallest absolute Gasteiger partial charge is 0.333 e. The molecule has 0 spiro atoms. The van der Waals surface area contributed by atoms with Gasteiger partial charge in [0.05, 0.1) is 5.69 Å². The lowest BCUT2D eigenvalue weighted by atomic mass is 10.1. The molecule has 0 radical (unpaired) electrons. The van der Waals surface area contributed by atoms with Gasteiger partial charge >= 0.3 is 6.03 Å². The zero-order valence-corrected chi connectivity index (χ0v) is 15.3. The maximum Gasteiger partial charge on any atom is 0.333 e. The number of amides is 3. The van der Waals surface area contributed by atoms with Gasteiger partial charge in [-0.15, -0.1) is 0 Å². The molecule has 0 unspecified atom stereocenters. The van der Waals surface area contributed by atoms with Crippen LogP contribution in [0.4, 0.5) is 14.9 Å². The summed E-state index contributed by atoms with van der Waals surface area (Å²) in [7, 11) is 0. The Labute approximate surface area is 167 Å². The molecule has 4 rings (SSSR count). The average Bonchev–Trinajstić information content (AvgIpc) is 3.02. The number of nitrogens with one attached hydrogen (secondary N) is 1. The van der Waals surface area contributed by atoms with Crippen molar-refractivity contribution >= 4 is 23.7 Å². The summed E-state index contributed by atoms with van der Waals surface area (Å²) < 4.78 is 19.3. The maximum atomic E-state index is 13.6. The Balaban J connectivity index is 1.45. The van der Waals surface area contributed by atoms with E-state index in [2.05, 4.69) is 5.32 Å². The Morgan fingerprint density at radius 2 is 1.59 bits per heavy atom. The molecule has 1 fully saturated rings. The minimum atomic E-state index is -0.489. The molecule has 1 N–H and O–H groups in total. The van der Waals surface area contributed by atoms with Crippen LogP contribution in [0.15, 0.2) is 84.6 Å². The van der Waals surface area contributed by atoms with E-state index in [0.717, 1.165) is 10.5 Å². The van der Waals surface area contributed by atoms with Crippen LogP contribution in [0.3, 0.4) is 0 Å². The molecule has 0 atom stereocenters. The molecule has 0 aliphatic carbocycles. The summed E-state index contributed by atoms with van der Waals surface area (Å²) in [6, 6.07) is 21.6. The van der Waals surface area contributed by atoms with Gasteiger partial charge in [0.2, 0.25) is 0 Å². The van der Waals surface area contributed by atoms with E-state index in [1.54, 1.807) is 72.8 Å². The molecule has 0 saturated carbocycles. The minimum Gasteiger partial charge on any atom is -0.489 e. The number of ether oxygens (including phenoxy) is 1. The van der Waals surface area contributed by atoms with Crippen LogP contribution in [0.25, 0.3) is 6.08 Å². The number of anilines is 1. The van der Waals surface area contributed by atoms with Crippen LogP contribution in [0.5, 0.6) is 5.75 Å². The van der Waals surface area contributed by atoms with Crippen molar-refractivity contribution in [2.75, 3.05) is 4.90 Å². The largest absolute Gasteiger partial charge is 0.489 e. The first kappa shape index (κ1) is 18.4. The normalized spacial score (nSPS) is 14.9. The second kappa shape index (κ2) is 7.98. The van der Waals surface area contributed by atoms with Gasteiger partial charge in [0.25, 0.3) is 5.91 Å². The standard InChI is InChI=1S/C23H17FN2O3/c24-20-9-5-4-6-17(20)15-29-19-12-10-16(11-13-19)14-21-22(27)26(23(28)25-21)18-7-2-1-3-8-18/h1-14H,15H2,(H,25,28)/b21-14+. The van der Waals surface area contributed by atoms with Crippen LogP contribution in [-0.4, -0.2) is 11.9 Å². The van der Waals surface area contributed by atoms with Crippen molar-refractivity contribution in [3.63, 3.8) is 0 Å². The number of rotatable bonds is 5. The first-order chi connectivity index (χ1) is 14.1. The third-order valence-corrected chi connectivity index (χ3v) is 4.44. The molecular weight excluding hydrogens is 371 g/mol. The van der Waals surface area contributed by atoms with E-state index in [0.29, 0.717) is 17.0 Å². The quantitative estimate of drug-likeness (QED) is 0.517. The van der Waals surface area contributed by atoms with Crippen molar-refractivity contribution in [2.24, 2.45) is 0 Å². The molecule has 1 saturated heterocycles. The number of imide groups is 1. The van der Waals surface area contributed by atoms with Crippen LogP contribution in [0, 0.1) is 5.82 Å². The third kappa shape index (κ3) is 4.01. The fraction of sp³-hybridized carbons (Fsp3) is 0.0435. The summed E-state index contributed by atoms with van der Waals surface area (Å²) in [5.41, 5.74) is 1.90. The first-order valence-corrected chi connectivity index (χ1v) is 9.00. The molecule has 5 nitrogen and oxygen atoms in total. The van der Waals surface area contributed by atoms with Crippen molar-refractivity contribution in [3.8, 4) is 5.75 Å². The van der Waals surface area contributed by atoms with Gasteiger partial charge in [-0.3, -0.25) is 4.79 Å². The van der Waals surface area contributed by atoms with Gasteiger partial charge in [-0.2, -0.15) is 0 Å². The highest BCUT2D eigenvalue weighted by molar-refractivity contribution is 6.28. The van der Waals surface area contributed by atoms with Gasteiger partial charge in [-0.25, -0.2) is 14.1 Å². The molecule has 0 bridgehead atoms. The number of hydrogen-bond acceptors (Lipinski definition) is 3. The number of nitrogens with zero attached hydrogens (tertiary/aromatic N) is 1. The first-order valence-electron chi connectivity index (χ1n) is 9.00. The van der Waals surface area contributed by atoms with E-state index in [9.17, 15) is 14.0 Å². The highest BCUT2D eigenvalue weighted by Crippen LogP contribution is 2.23. The molecule has 1 aliphatic heterocycles. The van der Waals surface area contributed by atoms with Crippen LogP contribution < -0.4 is 15.0 Å².